The highest BCUT2D eigenvalue weighted by Crippen LogP contribution is 2.25. The van der Waals surface area contributed by atoms with Gasteiger partial charge in [0, 0.05) is 22.3 Å². The Bertz CT molecular complexity index is 1040. The van der Waals surface area contributed by atoms with Crippen LogP contribution in [0.15, 0.2) is 77.3 Å². The lowest BCUT2D eigenvalue weighted by Crippen LogP contribution is -2.15. The van der Waals surface area contributed by atoms with Crippen LogP contribution in [0.3, 0.4) is 0 Å². The van der Waals surface area contributed by atoms with Crippen molar-refractivity contribution in [2.24, 2.45) is 0 Å². The predicted octanol–water partition coefficient (Wildman–Crippen LogP) is 6.06. The summed E-state index contributed by atoms with van der Waals surface area (Å²) in [4.78, 5) is 25.1. The normalized spacial score (nSPS) is 10.4. The first-order valence-electron chi connectivity index (χ1n) is 10.2. The van der Waals surface area contributed by atoms with Gasteiger partial charge in [0.2, 0.25) is 5.91 Å². The molecule has 3 aromatic rings. The van der Waals surface area contributed by atoms with Crippen LogP contribution in [0.25, 0.3) is 0 Å². The number of ether oxygens (including phenoxy) is 1. The van der Waals surface area contributed by atoms with Crippen LogP contribution in [0.2, 0.25) is 0 Å². The zero-order valence-corrected chi connectivity index (χ0v) is 18.9. The number of hydrogen-bond acceptors (Lipinski definition) is 3. The molecule has 0 unspecified atom stereocenters. The van der Waals surface area contributed by atoms with Gasteiger partial charge in [-0.25, -0.2) is 0 Å². The molecule has 6 heteroatoms. The van der Waals surface area contributed by atoms with Crippen molar-refractivity contribution in [1.82, 2.24) is 0 Å². The first kappa shape index (κ1) is 22.6. The molecule has 0 spiro atoms. The van der Waals surface area contributed by atoms with E-state index in [1.54, 1.807) is 36.4 Å². The maximum Gasteiger partial charge on any atom is 0.259 e. The number of nitrogens with one attached hydrogen (secondary N) is 2. The van der Waals surface area contributed by atoms with Crippen molar-refractivity contribution in [3.63, 3.8) is 0 Å². The molecule has 2 N–H and O–H groups in total. The summed E-state index contributed by atoms with van der Waals surface area (Å²) in [5.41, 5.74) is 2.79. The van der Waals surface area contributed by atoms with E-state index in [0.29, 0.717) is 42.1 Å². The molecule has 160 valence electrons. The quantitative estimate of drug-likeness (QED) is 0.390. The van der Waals surface area contributed by atoms with Crippen LogP contribution in [0.1, 0.15) is 35.7 Å². The van der Waals surface area contributed by atoms with Crippen molar-refractivity contribution >= 4 is 39.1 Å². The molecule has 5 nitrogen and oxygen atoms in total. The first-order chi connectivity index (χ1) is 15.0. The van der Waals surface area contributed by atoms with E-state index in [0.717, 1.165) is 16.5 Å². The molecule has 0 bridgehead atoms. The summed E-state index contributed by atoms with van der Waals surface area (Å²) in [6.07, 6.45) is 1.91. The number of aryl methyl sites for hydroxylation is 1. The Morgan fingerprint density at radius 1 is 0.903 bits per heavy atom. The smallest absolute Gasteiger partial charge is 0.259 e. The van der Waals surface area contributed by atoms with Crippen LogP contribution in [0, 0.1) is 0 Å². The number of benzene rings is 3. The Morgan fingerprint density at radius 3 is 2.39 bits per heavy atom. The standard InChI is InChI=1S/C25H25BrN2O3/c1-2-15-31-23-13-12-19(26)16-22(23)25(30)28-21-10-6-9-20(17-21)27-24(29)14-11-18-7-4-3-5-8-18/h3-10,12-13,16-17H,2,11,14-15H2,1H3,(H,27,29)(H,28,30). The molecular weight excluding hydrogens is 456 g/mol. The number of amides is 2. The average Bonchev–Trinajstić information content (AvgIpc) is 2.78. The molecule has 0 aromatic heterocycles. The fourth-order valence-corrected chi connectivity index (χ4v) is 3.38. The highest BCUT2D eigenvalue weighted by molar-refractivity contribution is 9.10. The van der Waals surface area contributed by atoms with Gasteiger partial charge in [0.25, 0.3) is 5.91 Å². The summed E-state index contributed by atoms with van der Waals surface area (Å²) in [7, 11) is 0. The molecule has 3 aromatic carbocycles. The molecule has 0 saturated heterocycles. The Balaban J connectivity index is 1.63. The Morgan fingerprint density at radius 2 is 1.65 bits per heavy atom. The number of rotatable bonds is 9. The van der Waals surface area contributed by atoms with Gasteiger partial charge in [0.15, 0.2) is 0 Å². The maximum absolute atomic E-state index is 12.8. The third-order valence-corrected chi connectivity index (χ3v) is 5.03. The highest BCUT2D eigenvalue weighted by Gasteiger charge is 2.14. The van der Waals surface area contributed by atoms with E-state index >= 15 is 0 Å². The van der Waals surface area contributed by atoms with E-state index in [1.807, 2.05) is 43.3 Å². The molecule has 0 heterocycles. The lowest BCUT2D eigenvalue weighted by atomic mass is 10.1. The van der Waals surface area contributed by atoms with Crippen molar-refractivity contribution in [3.8, 4) is 5.75 Å². The van der Waals surface area contributed by atoms with Crippen LogP contribution < -0.4 is 15.4 Å². The molecule has 0 saturated carbocycles. The van der Waals surface area contributed by atoms with Gasteiger partial charge in [-0.1, -0.05) is 59.3 Å². The second-order valence-electron chi connectivity index (χ2n) is 7.06. The van der Waals surface area contributed by atoms with Gasteiger partial charge in [-0.3, -0.25) is 9.59 Å². The maximum atomic E-state index is 12.8. The molecule has 0 radical (unpaired) electrons. The van der Waals surface area contributed by atoms with Gasteiger partial charge >= 0.3 is 0 Å². The zero-order valence-electron chi connectivity index (χ0n) is 17.4. The summed E-state index contributed by atoms with van der Waals surface area (Å²) in [5.74, 6) is 0.183. The molecule has 2 amide bonds. The van der Waals surface area contributed by atoms with E-state index in [2.05, 4.69) is 26.6 Å². The number of carbonyl (C=O) groups is 2. The molecule has 0 aliphatic rings. The first-order valence-corrected chi connectivity index (χ1v) is 11.0. The van der Waals surface area contributed by atoms with E-state index in [1.165, 1.54) is 0 Å². The van der Waals surface area contributed by atoms with Gasteiger partial charge in [-0.2, -0.15) is 0 Å². The molecule has 0 aliphatic carbocycles. The van der Waals surface area contributed by atoms with Gasteiger partial charge in [0.1, 0.15) is 5.75 Å². The van der Waals surface area contributed by atoms with E-state index < -0.39 is 0 Å². The van der Waals surface area contributed by atoms with Crippen LogP contribution in [0.4, 0.5) is 11.4 Å². The number of hydrogen-bond donors (Lipinski definition) is 2. The lowest BCUT2D eigenvalue weighted by Gasteiger charge is -2.13. The predicted molar refractivity (Wildman–Crippen MR) is 128 cm³/mol. The van der Waals surface area contributed by atoms with Crippen molar-refractivity contribution in [2.75, 3.05) is 17.2 Å². The summed E-state index contributed by atoms with van der Waals surface area (Å²) in [5, 5.41) is 5.77. The van der Waals surface area contributed by atoms with E-state index in [-0.39, 0.29) is 11.8 Å². The van der Waals surface area contributed by atoms with E-state index in [4.69, 9.17) is 4.74 Å². The highest BCUT2D eigenvalue weighted by atomic mass is 79.9. The Kier molecular flexibility index (Phi) is 8.24. The topological polar surface area (TPSA) is 67.4 Å². The summed E-state index contributed by atoms with van der Waals surface area (Å²) >= 11 is 3.41. The van der Waals surface area contributed by atoms with Crippen molar-refractivity contribution in [2.45, 2.75) is 26.2 Å². The summed E-state index contributed by atoms with van der Waals surface area (Å²) in [6.45, 7) is 2.55. The van der Waals surface area contributed by atoms with Gasteiger partial charge < -0.3 is 15.4 Å². The molecule has 31 heavy (non-hydrogen) atoms. The van der Waals surface area contributed by atoms with Crippen LogP contribution in [0.5, 0.6) is 5.75 Å². The SMILES string of the molecule is CCCOc1ccc(Br)cc1C(=O)Nc1cccc(NC(=O)CCc2ccccc2)c1. The molecular formula is C25H25BrN2O3. The fraction of sp³-hybridized carbons (Fsp3) is 0.200. The molecule has 0 aliphatic heterocycles. The Labute approximate surface area is 191 Å². The Hall–Kier alpha value is -3.12. The monoisotopic (exact) mass is 480 g/mol. The lowest BCUT2D eigenvalue weighted by molar-refractivity contribution is -0.116. The molecule has 3 rings (SSSR count). The van der Waals surface area contributed by atoms with Crippen LogP contribution in [-0.4, -0.2) is 18.4 Å². The summed E-state index contributed by atoms with van der Waals surface area (Å²) < 4.78 is 6.49. The second kappa shape index (κ2) is 11.3. The minimum atomic E-state index is -0.278. The molecule has 0 fully saturated rings. The molecule has 0 atom stereocenters. The van der Waals surface area contributed by atoms with Gasteiger partial charge in [-0.15, -0.1) is 0 Å². The fourth-order valence-electron chi connectivity index (χ4n) is 3.02. The van der Waals surface area contributed by atoms with Crippen molar-refractivity contribution in [1.29, 1.82) is 0 Å². The van der Waals surface area contributed by atoms with Crippen LogP contribution >= 0.6 is 15.9 Å². The minimum Gasteiger partial charge on any atom is -0.493 e. The van der Waals surface area contributed by atoms with Crippen molar-refractivity contribution < 1.29 is 14.3 Å². The van der Waals surface area contributed by atoms with Crippen LogP contribution in [-0.2, 0) is 11.2 Å². The number of anilines is 2. The third kappa shape index (κ3) is 6.96. The minimum absolute atomic E-state index is 0.0745. The summed E-state index contributed by atoms with van der Waals surface area (Å²) in [6, 6.07) is 22.3. The third-order valence-electron chi connectivity index (χ3n) is 4.54. The van der Waals surface area contributed by atoms with Gasteiger partial charge in [0.05, 0.1) is 12.2 Å². The largest absolute Gasteiger partial charge is 0.493 e. The van der Waals surface area contributed by atoms with Gasteiger partial charge in [-0.05, 0) is 54.8 Å². The zero-order chi connectivity index (χ0) is 22.1. The number of halogens is 1. The average molecular weight is 481 g/mol. The second-order valence-corrected chi connectivity index (χ2v) is 7.97. The number of carbonyl (C=O) groups excluding carboxylic acids is 2. The van der Waals surface area contributed by atoms with E-state index in [9.17, 15) is 9.59 Å². The van der Waals surface area contributed by atoms with Crippen molar-refractivity contribution in [3.05, 3.63) is 88.4 Å².